The number of ether oxygens (including phenoxy) is 4. The molecule has 2 aromatic rings. The van der Waals surface area contributed by atoms with Gasteiger partial charge in [0, 0.05) is 23.6 Å². The zero-order chi connectivity index (χ0) is 24.9. The van der Waals surface area contributed by atoms with Gasteiger partial charge in [-0.3, -0.25) is 9.59 Å². The van der Waals surface area contributed by atoms with E-state index in [0.29, 0.717) is 42.6 Å². The Morgan fingerprint density at radius 1 is 0.971 bits per heavy atom. The predicted molar refractivity (Wildman–Crippen MR) is 129 cm³/mol. The van der Waals surface area contributed by atoms with Crippen LogP contribution in [0.15, 0.2) is 36.4 Å². The summed E-state index contributed by atoms with van der Waals surface area (Å²) in [6.07, 6.45) is 0. The zero-order valence-electron chi connectivity index (χ0n) is 20.7. The summed E-state index contributed by atoms with van der Waals surface area (Å²) in [4.78, 5) is 26.0. The van der Waals surface area contributed by atoms with E-state index in [1.165, 1.54) is 14.2 Å². The summed E-state index contributed by atoms with van der Waals surface area (Å²) >= 11 is 0. The van der Waals surface area contributed by atoms with Gasteiger partial charge in [0.1, 0.15) is 30.8 Å². The number of methoxy groups -OCH3 is 2. The van der Waals surface area contributed by atoms with Gasteiger partial charge < -0.3 is 29.6 Å². The average molecular weight is 471 g/mol. The van der Waals surface area contributed by atoms with E-state index in [1.807, 2.05) is 45.9 Å². The lowest BCUT2D eigenvalue weighted by Crippen LogP contribution is -2.51. The Balaban J connectivity index is 1.68. The highest BCUT2D eigenvalue weighted by Crippen LogP contribution is 2.35. The molecule has 1 heterocycles. The Kier molecular flexibility index (Phi) is 7.91. The summed E-state index contributed by atoms with van der Waals surface area (Å²) < 4.78 is 21.8. The van der Waals surface area contributed by atoms with Crippen LogP contribution in [0.4, 0.5) is 0 Å². The molecule has 0 aliphatic carbocycles. The molecule has 0 fully saturated rings. The molecule has 0 saturated heterocycles. The first kappa shape index (κ1) is 25.2. The van der Waals surface area contributed by atoms with Gasteiger partial charge in [0.05, 0.1) is 14.2 Å². The van der Waals surface area contributed by atoms with E-state index in [0.717, 1.165) is 11.3 Å². The van der Waals surface area contributed by atoms with Gasteiger partial charge in [0.15, 0.2) is 11.5 Å². The van der Waals surface area contributed by atoms with Crippen molar-refractivity contribution in [1.82, 2.24) is 10.6 Å². The smallest absolute Gasteiger partial charge is 0.252 e. The van der Waals surface area contributed by atoms with E-state index in [1.54, 1.807) is 18.2 Å². The maximum Gasteiger partial charge on any atom is 0.252 e. The van der Waals surface area contributed by atoms with Crippen LogP contribution in [0, 0.1) is 5.92 Å². The van der Waals surface area contributed by atoms with Crippen molar-refractivity contribution in [3.63, 3.8) is 0 Å². The van der Waals surface area contributed by atoms with Crippen LogP contribution in [-0.2, 0) is 10.2 Å². The molecule has 8 heteroatoms. The predicted octanol–water partition coefficient (Wildman–Crippen LogP) is 3.32. The highest BCUT2D eigenvalue weighted by molar-refractivity contribution is 5.98. The first-order valence-corrected chi connectivity index (χ1v) is 11.4. The SMILES string of the molecule is COc1cc(OC)cc(C(=O)NC(C(=O)NCC(C)(C)c2ccc3c(c2)OCCO3)C(C)C)c1. The molecule has 1 aliphatic heterocycles. The number of hydrogen-bond donors (Lipinski definition) is 2. The molecule has 2 aromatic carbocycles. The molecule has 0 bridgehead atoms. The lowest BCUT2D eigenvalue weighted by Gasteiger charge is -2.29. The standard InChI is InChI=1S/C26H34N2O6/c1-16(2)23(28-24(29)17-11-19(31-5)14-20(12-17)32-6)25(30)27-15-26(3,4)18-7-8-21-22(13-18)34-10-9-33-21/h7-8,11-14,16,23H,9-10,15H2,1-6H3,(H,27,30)(H,28,29). The summed E-state index contributed by atoms with van der Waals surface area (Å²) in [7, 11) is 3.04. The van der Waals surface area contributed by atoms with Crippen molar-refractivity contribution in [2.75, 3.05) is 34.0 Å². The van der Waals surface area contributed by atoms with Crippen LogP contribution in [-0.4, -0.2) is 51.8 Å². The number of carbonyl (C=O) groups excluding carboxylic acids is 2. The van der Waals surface area contributed by atoms with Gasteiger partial charge >= 0.3 is 0 Å². The van der Waals surface area contributed by atoms with E-state index in [4.69, 9.17) is 18.9 Å². The monoisotopic (exact) mass is 470 g/mol. The molecule has 2 amide bonds. The third-order valence-corrected chi connectivity index (χ3v) is 5.88. The first-order chi connectivity index (χ1) is 16.1. The molecule has 0 radical (unpaired) electrons. The molecule has 0 spiro atoms. The summed E-state index contributed by atoms with van der Waals surface area (Å²) in [6.45, 7) is 9.32. The fraction of sp³-hybridized carbons (Fsp3) is 0.462. The fourth-order valence-electron chi connectivity index (χ4n) is 3.68. The highest BCUT2D eigenvalue weighted by Gasteiger charge is 2.29. The third kappa shape index (κ3) is 5.92. The summed E-state index contributed by atoms with van der Waals surface area (Å²) in [5.41, 5.74) is 1.01. The Labute approximate surface area is 200 Å². The maximum atomic E-state index is 13.1. The Morgan fingerprint density at radius 3 is 2.18 bits per heavy atom. The van der Waals surface area contributed by atoms with Crippen LogP contribution in [0.2, 0.25) is 0 Å². The second kappa shape index (κ2) is 10.7. The van der Waals surface area contributed by atoms with Crippen molar-refractivity contribution in [3.8, 4) is 23.0 Å². The summed E-state index contributed by atoms with van der Waals surface area (Å²) in [5.74, 6) is 1.69. The van der Waals surface area contributed by atoms with E-state index in [2.05, 4.69) is 10.6 Å². The lowest BCUT2D eigenvalue weighted by atomic mass is 9.84. The molecule has 34 heavy (non-hydrogen) atoms. The Hall–Kier alpha value is -3.42. The number of hydrogen-bond acceptors (Lipinski definition) is 6. The zero-order valence-corrected chi connectivity index (χ0v) is 20.7. The molecule has 1 unspecified atom stereocenters. The number of rotatable bonds is 9. The second-order valence-corrected chi connectivity index (χ2v) is 9.26. The molecule has 2 N–H and O–H groups in total. The van der Waals surface area contributed by atoms with Crippen LogP contribution >= 0.6 is 0 Å². The average Bonchev–Trinajstić information content (AvgIpc) is 2.84. The van der Waals surface area contributed by atoms with Gasteiger partial charge in [-0.05, 0) is 35.7 Å². The summed E-state index contributed by atoms with van der Waals surface area (Å²) in [6, 6.07) is 10.0. The highest BCUT2D eigenvalue weighted by atomic mass is 16.6. The molecule has 0 aromatic heterocycles. The Morgan fingerprint density at radius 2 is 1.59 bits per heavy atom. The molecule has 3 rings (SSSR count). The van der Waals surface area contributed by atoms with Crippen LogP contribution in [0.25, 0.3) is 0 Å². The van der Waals surface area contributed by atoms with Gasteiger partial charge in [-0.25, -0.2) is 0 Å². The molecule has 1 atom stereocenters. The number of fused-ring (bicyclic) bond motifs is 1. The van der Waals surface area contributed by atoms with Gasteiger partial charge in [0.25, 0.3) is 5.91 Å². The molecular formula is C26H34N2O6. The normalized spacial score (nSPS) is 13.7. The third-order valence-electron chi connectivity index (χ3n) is 5.88. The van der Waals surface area contributed by atoms with Crippen molar-refractivity contribution >= 4 is 11.8 Å². The number of amides is 2. The van der Waals surface area contributed by atoms with Gasteiger partial charge in [-0.1, -0.05) is 33.8 Å². The van der Waals surface area contributed by atoms with Crippen LogP contribution in [0.1, 0.15) is 43.6 Å². The minimum absolute atomic E-state index is 0.117. The second-order valence-electron chi connectivity index (χ2n) is 9.26. The van der Waals surface area contributed by atoms with E-state index >= 15 is 0 Å². The van der Waals surface area contributed by atoms with E-state index < -0.39 is 6.04 Å². The molecule has 1 aliphatic rings. The van der Waals surface area contributed by atoms with Crippen molar-refractivity contribution in [2.24, 2.45) is 5.92 Å². The van der Waals surface area contributed by atoms with Crippen LogP contribution < -0.4 is 29.6 Å². The van der Waals surface area contributed by atoms with Crippen molar-refractivity contribution in [1.29, 1.82) is 0 Å². The molecule has 184 valence electrons. The molecular weight excluding hydrogens is 436 g/mol. The van der Waals surface area contributed by atoms with E-state index in [9.17, 15) is 9.59 Å². The lowest BCUT2D eigenvalue weighted by molar-refractivity contribution is -0.124. The molecule has 0 saturated carbocycles. The number of carbonyl (C=O) groups is 2. The van der Waals surface area contributed by atoms with Crippen molar-refractivity contribution in [2.45, 2.75) is 39.2 Å². The van der Waals surface area contributed by atoms with Gasteiger partial charge in [-0.2, -0.15) is 0 Å². The van der Waals surface area contributed by atoms with Gasteiger partial charge in [-0.15, -0.1) is 0 Å². The quantitative estimate of drug-likeness (QED) is 0.584. The van der Waals surface area contributed by atoms with E-state index in [-0.39, 0.29) is 23.1 Å². The Bertz CT molecular complexity index is 1010. The largest absolute Gasteiger partial charge is 0.497 e. The number of benzene rings is 2. The minimum atomic E-state index is -0.708. The summed E-state index contributed by atoms with van der Waals surface area (Å²) in [5, 5.41) is 5.86. The molecule has 8 nitrogen and oxygen atoms in total. The fourth-order valence-corrected chi connectivity index (χ4v) is 3.68. The van der Waals surface area contributed by atoms with Crippen molar-refractivity contribution < 1.29 is 28.5 Å². The maximum absolute atomic E-state index is 13.1. The minimum Gasteiger partial charge on any atom is -0.497 e. The van der Waals surface area contributed by atoms with Gasteiger partial charge in [0.2, 0.25) is 5.91 Å². The van der Waals surface area contributed by atoms with Crippen LogP contribution in [0.5, 0.6) is 23.0 Å². The van der Waals surface area contributed by atoms with Crippen molar-refractivity contribution in [3.05, 3.63) is 47.5 Å². The topological polar surface area (TPSA) is 95.1 Å². The first-order valence-electron chi connectivity index (χ1n) is 11.4. The van der Waals surface area contributed by atoms with Crippen LogP contribution in [0.3, 0.4) is 0 Å². The number of nitrogens with one attached hydrogen (secondary N) is 2.